The maximum Gasteiger partial charge on any atom is 0.164 e. The molecule has 0 N–H and O–H groups in total. The molecule has 0 radical (unpaired) electrons. The molecular weight excluding hydrogens is 164 g/mol. The largest absolute Gasteiger partial charge is 0.373 e. The lowest BCUT2D eigenvalue weighted by molar-refractivity contribution is -0.135. The molecule has 0 aromatic carbocycles. The number of hydrogen-bond acceptors (Lipinski definition) is 2. The van der Waals surface area contributed by atoms with Gasteiger partial charge >= 0.3 is 0 Å². The van der Waals surface area contributed by atoms with E-state index in [9.17, 15) is 4.79 Å². The van der Waals surface area contributed by atoms with Gasteiger partial charge in [0, 0.05) is 13.0 Å². The first-order valence-corrected chi connectivity index (χ1v) is 5.14. The molecule has 0 aliphatic rings. The predicted octanol–water partition coefficient (Wildman–Crippen LogP) is 2.66. The summed E-state index contributed by atoms with van der Waals surface area (Å²) in [5.41, 5.74) is 0. The third kappa shape index (κ3) is 3.47. The average molecular weight is 186 g/mol. The quantitative estimate of drug-likeness (QED) is 0.637. The van der Waals surface area contributed by atoms with Gasteiger partial charge in [-0.15, -0.1) is 0 Å². The van der Waals surface area contributed by atoms with Crippen LogP contribution < -0.4 is 0 Å². The standard InChI is InChI=1S/C11H22O2/c1-6-9(7-2)10(12)11(13-5)8(3)4/h8-9,11H,6-7H2,1-5H3. The van der Waals surface area contributed by atoms with Gasteiger partial charge in [0.05, 0.1) is 0 Å². The van der Waals surface area contributed by atoms with Crippen molar-refractivity contribution in [3.05, 3.63) is 0 Å². The Bertz CT molecular complexity index is 148. The number of ether oxygens (including phenoxy) is 1. The molecule has 0 rings (SSSR count). The van der Waals surface area contributed by atoms with Crippen LogP contribution in [0.2, 0.25) is 0 Å². The molecular formula is C11H22O2. The van der Waals surface area contributed by atoms with Gasteiger partial charge in [0.1, 0.15) is 6.10 Å². The molecule has 0 aromatic rings. The molecule has 0 amide bonds. The van der Waals surface area contributed by atoms with E-state index >= 15 is 0 Å². The van der Waals surface area contributed by atoms with E-state index in [-0.39, 0.29) is 23.7 Å². The predicted molar refractivity (Wildman–Crippen MR) is 54.7 cm³/mol. The first kappa shape index (κ1) is 12.6. The van der Waals surface area contributed by atoms with Crippen LogP contribution >= 0.6 is 0 Å². The molecule has 13 heavy (non-hydrogen) atoms. The second-order valence-corrected chi connectivity index (χ2v) is 3.82. The number of rotatable bonds is 6. The Hall–Kier alpha value is -0.370. The fourth-order valence-electron chi connectivity index (χ4n) is 1.64. The first-order chi connectivity index (χ1) is 6.08. The Morgan fingerprint density at radius 2 is 1.69 bits per heavy atom. The van der Waals surface area contributed by atoms with Crippen molar-refractivity contribution in [3.8, 4) is 0 Å². The molecule has 0 aromatic heterocycles. The van der Waals surface area contributed by atoms with E-state index in [1.165, 1.54) is 0 Å². The summed E-state index contributed by atoms with van der Waals surface area (Å²) >= 11 is 0. The summed E-state index contributed by atoms with van der Waals surface area (Å²) in [5, 5.41) is 0. The van der Waals surface area contributed by atoms with Crippen molar-refractivity contribution in [1.82, 2.24) is 0 Å². The zero-order valence-corrected chi connectivity index (χ0v) is 9.46. The molecule has 1 unspecified atom stereocenters. The second-order valence-electron chi connectivity index (χ2n) is 3.82. The molecule has 0 aliphatic carbocycles. The highest BCUT2D eigenvalue weighted by Crippen LogP contribution is 2.17. The number of methoxy groups -OCH3 is 1. The van der Waals surface area contributed by atoms with Crippen molar-refractivity contribution < 1.29 is 9.53 Å². The molecule has 0 saturated carbocycles. The molecule has 0 bridgehead atoms. The van der Waals surface area contributed by atoms with Crippen LogP contribution in [-0.4, -0.2) is 19.0 Å². The van der Waals surface area contributed by atoms with Crippen molar-refractivity contribution in [2.75, 3.05) is 7.11 Å². The number of hydrogen-bond donors (Lipinski definition) is 0. The maximum absolute atomic E-state index is 11.9. The molecule has 2 nitrogen and oxygen atoms in total. The van der Waals surface area contributed by atoms with Gasteiger partial charge in [-0.1, -0.05) is 27.7 Å². The van der Waals surface area contributed by atoms with Crippen molar-refractivity contribution in [2.45, 2.75) is 46.6 Å². The summed E-state index contributed by atoms with van der Waals surface area (Å²) in [5.74, 6) is 0.716. The summed E-state index contributed by atoms with van der Waals surface area (Å²) in [6.07, 6.45) is 1.62. The summed E-state index contributed by atoms with van der Waals surface area (Å²) < 4.78 is 5.21. The van der Waals surface area contributed by atoms with E-state index in [0.29, 0.717) is 0 Å². The zero-order chi connectivity index (χ0) is 10.4. The molecule has 2 heteroatoms. The summed E-state index contributed by atoms with van der Waals surface area (Å²) in [4.78, 5) is 11.9. The van der Waals surface area contributed by atoms with Gasteiger partial charge in [-0.05, 0) is 18.8 Å². The SMILES string of the molecule is CCC(CC)C(=O)C(OC)C(C)C. The van der Waals surface area contributed by atoms with Crippen LogP contribution in [0.4, 0.5) is 0 Å². The van der Waals surface area contributed by atoms with Crippen LogP contribution in [0.1, 0.15) is 40.5 Å². The Morgan fingerprint density at radius 3 is 1.92 bits per heavy atom. The highest BCUT2D eigenvalue weighted by atomic mass is 16.5. The van der Waals surface area contributed by atoms with Crippen LogP contribution in [0, 0.1) is 11.8 Å². The van der Waals surface area contributed by atoms with Crippen molar-refractivity contribution >= 4 is 5.78 Å². The van der Waals surface area contributed by atoms with Gasteiger partial charge in [-0.2, -0.15) is 0 Å². The molecule has 0 saturated heterocycles. The highest BCUT2D eigenvalue weighted by Gasteiger charge is 2.26. The van der Waals surface area contributed by atoms with Gasteiger partial charge in [0.25, 0.3) is 0 Å². The number of Topliss-reactive ketones (excluding diaryl/α,β-unsaturated/α-hetero) is 1. The first-order valence-electron chi connectivity index (χ1n) is 5.14. The fourth-order valence-corrected chi connectivity index (χ4v) is 1.64. The van der Waals surface area contributed by atoms with E-state index in [4.69, 9.17) is 4.74 Å². The van der Waals surface area contributed by atoms with Crippen molar-refractivity contribution in [3.63, 3.8) is 0 Å². The smallest absolute Gasteiger partial charge is 0.164 e. The van der Waals surface area contributed by atoms with Gasteiger partial charge in [-0.25, -0.2) is 0 Å². The molecule has 0 spiro atoms. The van der Waals surface area contributed by atoms with E-state index in [1.807, 2.05) is 13.8 Å². The highest BCUT2D eigenvalue weighted by molar-refractivity contribution is 5.85. The van der Waals surface area contributed by atoms with Crippen LogP contribution in [0.3, 0.4) is 0 Å². The molecule has 0 fully saturated rings. The maximum atomic E-state index is 11.9. The van der Waals surface area contributed by atoms with E-state index in [2.05, 4.69) is 13.8 Å². The number of carbonyl (C=O) groups excluding carboxylic acids is 1. The lowest BCUT2D eigenvalue weighted by atomic mass is 9.90. The summed E-state index contributed by atoms with van der Waals surface area (Å²) in [7, 11) is 1.62. The normalized spacial score (nSPS) is 13.8. The van der Waals surface area contributed by atoms with Gasteiger partial charge in [0.2, 0.25) is 0 Å². The molecule has 0 aliphatic heterocycles. The minimum atomic E-state index is -0.218. The molecule has 0 heterocycles. The second kappa shape index (κ2) is 6.14. The molecule has 1 atom stereocenters. The topological polar surface area (TPSA) is 26.3 Å². The summed E-state index contributed by atoms with van der Waals surface area (Å²) in [6.45, 7) is 8.15. The lowest BCUT2D eigenvalue weighted by Gasteiger charge is -2.22. The Balaban J connectivity index is 4.34. The van der Waals surface area contributed by atoms with Crippen LogP contribution in [0.5, 0.6) is 0 Å². The Morgan fingerprint density at radius 1 is 1.23 bits per heavy atom. The Labute approximate surface area is 81.7 Å². The van der Waals surface area contributed by atoms with Crippen LogP contribution in [-0.2, 0) is 9.53 Å². The minimum Gasteiger partial charge on any atom is -0.373 e. The third-order valence-corrected chi connectivity index (χ3v) is 2.53. The molecule has 78 valence electrons. The zero-order valence-electron chi connectivity index (χ0n) is 9.46. The monoisotopic (exact) mass is 186 g/mol. The van der Waals surface area contributed by atoms with Crippen molar-refractivity contribution in [2.24, 2.45) is 11.8 Å². The number of carbonyl (C=O) groups is 1. The lowest BCUT2D eigenvalue weighted by Crippen LogP contribution is -2.33. The third-order valence-electron chi connectivity index (χ3n) is 2.53. The number of ketones is 1. The van der Waals surface area contributed by atoms with E-state index in [0.717, 1.165) is 12.8 Å². The van der Waals surface area contributed by atoms with E-state index in [1.54, 1.807) is 7.11 Å². The average Bonchev–Trinajstić information content (AvgIpc) is 2.07. The summed E-state index contributed by atoms with van der Waals surface area (Å²) in [6, 6.07) is 0. The van der Waals surface area contributed by atoms with Crippen LogP contribution in [0.15, 0.2) is 0 Å². The van der Waals surface area contributed by atoms with Gasteiger partial charge in [0.15, 0.2) is 5.78 Å². The Kier molecular flexibility index (Phi) is 5.97. The van der Waals surface area contributed by atoms with E-state index < -0.39 is 0 Å². The van der Waals surface area contributed by atoms with Crippen LogP contribution in [0.25, 0.3) is 0 Å². The van der Waals surface area contributed by atoms with Gasteiger partial charge < -0.3 is 4.74 Å². The minimum absolute atomic E-state index is 0.173. The van der Waals surface area contributed by atoms with Crippen molar-refractivity contribution in [1.29, 1.82) is 0 Å². The fraction of sp³-hybridized carbons (Fsp3) is 0.909. The van der Waals surface area contributed by atoms with Gasteiger partial charge in [-0.3, -0.25) is 4.79 Å².